The Morgan fingerprint density at radius 3 is 2.23 bits per heavy atom. The molecule has 2 aromatic carbocycles. The number of halogens is 1. The van der Waals surface area contributed by atoms with Crippen molar-refractivity contribution in [2.45, 2.75) is 0 Å². The third-order valence-corrected chi connectivity index (χ3v) is 6.02. The van der Waals surface area contributed by atoms with Crippen LogP contribution in [0.1, 0.15) is 20.8 Å². The van der Waals surface area contributed by atoms with Gasteiger partial charge in [-0.3, -0.25) is 9.59 Å². The quantitative estimate of drug-likeness (QED) is 0.442. The number of aromatic amines is 1. The fraction of sp³-hybridized carbons (Fsp3) is 0.160. The molecule has 1 fully saturated rings. The first kappa shape index (κ1) is 22.5. The number of benzene rings is 2. The predicted molar refractivity (Wildman–Crippen MR) is 133 cm³/mol. The number of H-pyrrole nitrogens is 1. The maximum Gasteiger partial charge on any atom is 0.272 e. The molecule has 0 unspecified atom stereocenters. The molecule has 3 heterocycles. The molecule has 2 aromatic heterocycles. The summed E-state index contributed by atoms with van der Waals surface area (Å²) in [6.07, 6.45) is 4.68. The second-order valence-electron chi connectivity index (χ2n) is 8.02. The van der Waals surface area contributed by atoms with Crippen LogP contribution in [0.5, 0.6) is 0 Å². The number of hydrogen-bond acceptors (Lipinski definition) is 6. The first-order valence-corrected chi connectivity index (χ1v) is 11.5. The molecule has 10 heteroatoms. The number of carbonyl (C=O) groups excluding carboxylic acids is 2. The van der Waals surface area contributed by atoms with Gasteiger partial charge in [-0.2, -0.15) is 0 Å². The van der Waals surface area contributed by atoms with E-state index in [0.717, 1.165) is 16.9 Å². The Morgan fingerprint density at radius 2 is 1.57 bits per heavy atom. The zero-order chi connectivity index (χ0) is 24.2. The van der Waals surface area contributed by atoms with E-state index in [4.69, 9.17) is 11.6 Å². The highest BCUT2D eigenvalue weighted by atomic mass is 35.5. The maximum absolute atomic E-state index is 13.0. The summed E-state index contributed by atoms with van der Waals surface area (Å²) in [4.78, 5) is 44.4. The van der Waals surface area contributed by atoms with E-state index in [1.165, 1.54) is 12.5 Å². The van der Waals surface area contributed by atoms with Crippen LogP contribution in [0.3, 0.4) is 0 Å². The monoisotopic (exact) mass is 487 g/mol. The number of anilines is 2. The van der Waals surface area contributed by atoms with Gasteiger partial charge in [-0.1, -0.05) is 23.7 Å². The lowest BCUT2D eigenvalue weighted by atomic mass is 10.1. The third-order valence-electron chi connectivity index (χ3n) is 5.77. The van der Waals surface area contributed by atoms with Crippen molar-refractivity contribution in [3.05, 3.63) is 89.6 Å². The van der Waals surface area contributed by atoms with Crippen LogP contribution in [-0.2, 0) is 0 Å². The number of aromatic nitrogens is 4. The Morgan fingerprint density at radius 1 is 0.886 bits per heavy atom. The normalized spacial score (nSPS) is 13.5. The fourth-order valence-corrected chi connectivity index (χ4v) is 3.99. The van der Waals surface area contributed by atoms with E-state index in [2.05, 4.69) is 25.3 Å². The Labute approximate surface area is 206 Å². The van der Waals surface area contributed by atoms with Gasteiger partial charge in [0, 0.05) is 54.2 Å². The molecule has 0 saturated carbocycles. The second-order valence-corrected chi connectivity index (χ2v) is 8.46. The van der Waals surface area contributed by atoms with Gasteiger partial charge in [-0.25, -0.2) is 15.0 Å². The molecule has 2 N–H and O–H groups in total. The first-order valence-electron chi connectivity index (χ1n) is 11.1. The van der Waals surface area contributed by atoms with Crippen LogP contribution in [0, 0.1) is 0 Å². The summed E-state index contributed by atoms with van der Waals surface area (Å²) >= 11 is 5.97. The minimum Gasteiger partial charge on any atom is -0.341 e. The molecular formula is C25H22ClN7O2. The molecule has 0 radical (unpaired) electrons. The van der Waals surface area contributed by atoms with Gasteiger partial charge in [-0.05, 0) is 42.5 Å². The zero-order valence-electron chi connectivity index (χ0n) is 18.7. The van der Waals surface area contributed by atoms with E-state index in [9.17, 15) is 9.59 Å². The number of nitrogens with one attached hydrogen (secondary N) is 2. The molecule has 1 aliphatic heterocycles. The molecule has 176 valence electrons. The smallest absolute Gasteiger partial charge is 0.272 e. The summed E-state index contributed by atoms with van der Waals surface area (Å²) in [5, 5.41) is 3.84. The van der Waals surface area contributed by atoms with Gasteiger partial charge >= 0.3 is 0 Å². The summed E-state index contributed by atoms with van der Waals surface area (Å²) in [7, 11) is 0. The molecule has 1 saturated heterocycles. The molecule has 5 rings (SSSR count). The van der Waals surface area contributed by atoms with Crippen LogP contribution in [0.25, 0.3) is 11.3 Å². The lowest BCUT2D eigenvalue weighted by molar-refractivity contribution is 0.0532. The standard InChI is InChI=1S/C25H22ClN7O2/c26-19-5-1-17(2-6-19)21-9-10-28-25(31-21)30-20-7-3-18(4-8-20)23(34)32-11-13-33(14-12-32)24(35)22-15-27-16-29-22/h1-10,15-16H,11-14H2,(H,27,29)(H,28,30,31). The van der Waals surface area contributed by atoms with Crippen LogP contribution in [0.4, 0.5) is 11.6 Å². The van der Waals surface area contributed by atoms with E-state index in [1.54, 1.807) is 28.1 Å². The average molecular weight is 488 g/mol. The van der Waals surface area contributed by atoms with Crippen LogP contribution in [-0.4, -0.2) is 67.7 Å². The SMILES string of the molecule is O=C(c1ccc(Nc2nccc(-c3ccc(Cl)cc3)n2)cc1)N1CCN(C(=O)c2cnc[nH]2)CC1. The lowest BCUT2D eigenvalue weighted by Crippen LogP contribution is -2.50. The molecule has 9 nitrogen and oxygen atoms in total. The molecule has 1 aliphatic rings. The van der Waals surface area contributed by atoms with Crippen molar-refractivity contribution in [2.24, 2.45) is 0 Å². The molecule has 0 bridgehead atoms. The van der Waals surface area contributed by atoms with Crippen molar-refractivity contribution in [3.63, 3.8) is 0 Å². The summed E-state index contributed by atoms with van der Waals surface area (Å²) < 4.78 is 0. The van der Waals surface area contributed by atoms with Gasteiger partial charge in [0.05, 0.1) is 18.2 Å². The maximum atomic E-state index is 13.0. The molecule has 35 heavy (non-hydrogen) atoms. The topological polar surface area (TPSA) is 107 Å². The number of imidazole rings is 1. The highest BCUT2D eigenvalue weighted by Gasteiger charge is 2.26. The van der Waals surface area contributed by atoms with Crippen LogP contribution in [0.15, 0.2) is 73.3 Å². The number of amides is 2. The number of hydrogen-bond donors (Lipinski definition) is 2. The highest BCUT2D eigenvalue weighted by molar-refractivity contribution is 6.30. The molecule has 0 atom stereocenters. The van der Waals surface area contributed by atoms with Crippen molar-refractivity contribution in [1.29, 1.82) is 0 Å². The van der Waals surface area contributed by atoms with Gasteiger partial charge in [0.15, 0.2) is 0 Å². The number of nitrogens with zero attached hydrogens (tertiary/aromatic N) is 5. The number of carbonyl (C=O) groups is 2. The Bertz CT molecular complexity index is 1320. The van der Waals surface area contributed by atoms with Gasteiger partial charge in [0.2, 0.25) is 5.95 Å². The molecular weight excluding hydrogens is 466 g/mol. The minimum absolute atomic E-state index is 0.0637. The second kappa shape index (κ2) is 9.94. The van der Waals surface area contributed by atoms with E-state index in [1.807, 2.05) is 42.5 Å². The number of piperazine rings is 1. The minimum atomic E-state index is -0.104. The molecule has 0 aliphatic carbocycles. The van der Waals surface area contributed by atoms with Crippen molar-refractivity contribution >= 4 is 35.1 Å². The summed E-state index contributed by atoms with van der Waals surface area (Å²) in [6.45, 7) is 1.91. The Kier molecular flexibility index (Phi) is 6.40. The zero-order valence-corrected chi connectivity index (χ0v) is 19.4. The van der Waals surface area contributed by atoms with E-state index >= 15 is 0 Å². The van der Waals surface area contributed by atoms with Gasteiger partial charge in [0.25, 0.3) is 11.8 Å². The van der Waals surface area contributed by atoms with Gasteiger partial charge < -0.3 is 20.1 Å². The fourth-order valence-electron chi connectivity index (χ4n) is 3.86. The van der Waals surface area contributed by atoms with Crippen molar-refractivity contribution in [3.8, 4) is 11.3 Å². The third kappa shape index (κ3) is 5.15. The Balaban J connectivity index is 1.19. The van der Waals surface area contributed by atoms with Gasteiger partial charge in [-0.15, -0.1) is 0 Å². The molecule has 2 amide bonds. The average Bonchev–Trinajstić information content (AvgIpc) is 3.44. The first-order chi connectivity index (χ1) is 17.1. The van der Waals surface area contributed by atoms with Crippen LogP contribution in [0.2, 0.25) is 5.02 Å². The highest BCUT2D eigenvalue weighted by Crippen LogP contribution is 2.22. The van der Waals surface area contributed by atoms with E-state index in [-0.39, 0.29) is 11.8 Å². The molecule has 0 spiro atoms. The van der Waals surface area contributed by atoms with E-state index < -0.39 is 0 Å². The molecule has 4 aromatic rings. The van der Waals surface area contributed by atoms with E-state index in [0.29, 0.717) is 48.4 Å². The van der Waals surface area contributed by atoms with Crippen molar-refractivity contribution < 1.29 is 9.59 Å². The summed E-state index contributed by atoms with van der Waals surface area (Å²) in [5.74, 6) is 0.285. The van der Waals surface area contributed by atoms with Crippen molar-refractivity contribution in [1.82, 2.24) is 29.7 Å². The lowest BCUT2D eigenvalue weighted by Gasteiger charge is -2.34. The van der Waals surface area contributed by atoms with Crippen molar-refractivity contribution in [2.75, 3.05) is 31.5 Å². The summed E-state index contributed by atoms with van der Waals surface area (Å²) in [6, 6.07) is 16.5. The number of rotatable bonds is 5. The largest absolute Gasteiger partial charge is 0.341 e. The van der Waals surface area contributed by atoms with Gasteiger partial charge in [0.1, 0.15) is 5.69 Å². The Hall–Kier alpha value is -4.24. The van der Waals surface area contributed by atoms with Crippen LogP contribution >= 0.6 is 11.6 Å². The summed E-state index contributed by atoms with van der Waals surface area (Å²) in [5.41, 5.74) is 3.52. The van der Waals surface area contributed by atoms with Crippen LogP contribution < -0.4 is 5.32 Å². The predicted octanol–water partition coefficient (Wildman–Crippen LogP) is 3.86.